The fraction of sp³-hybridized carbons (Fsp3) is 0.500. The normalized spacial score (nSPS) is 14.2. The Labute approximate surface area is 110 Å². The fourth-order valence-electron chi connectivity index (χ4n) is 1.84. The molecule has 0 heterocycles. The molecule has 2 atom stereocenters. The van der Waals surface area contributed by atoms with Crippen molar-refractivity contribution in [3.8, 4) is 12.3 Å². The van der Waals surface area contributed by atoms with Gasteiger partial charge in [0.2, 0.25) is 0 Å². The Balaban J connectivity index is 2.36. The average Bonchev–Trinajstić information content (AvgIpc) is 2.34. The Bertz CT molecular complexity index is 364. The second-order valence-electron chi connectivity index (χ2n) is 4.97. The first-order valence-electron chi connectivity index (χ1n) is 6.41. The highest BCUT2D eigenvalue weighted by molar-refractivity contribution is 5.13. The van der Waals surface area contributed by atoms with Crippen LogP contribution in [0, 0.1) is 18.3 Å². The highest BCUT2D eigenvalue weighted by atomic mass is 16.5. The van der Waals surface area contributed by atoms with Crippen molar-refractivity contribution in [3.05, 3.63) is 35.9 Å². The average molecular weight is 246 g/mol. The zero-order valence-electron chi connectivity index (χ0n) is 11.2. The lowest BCUT2D eigenvalue weighted by molar-refractivity contribution is 0.0302. The number of terminal acetylenes is 1. The molecule has 0 aliphatic rings. The largest absolute Gasteiger partial charge is 0.393 e. The highest BCUT2D eigenvalue weighted by Gasteiger charge is 2.14. The first-order valence-corrected chi connectivity index (χ1v) is 6.41. The minimum absolute atomic E-state index is 0.320. The van der Waals surface area contributed by atoms with Crippen molar-refractivity contribution >= 4 is 0 Å². The summed E-state index contributed by atoms with van der Waals surface area (Å²) in [4.78, 5) is 0. The monoisotopic (exact) mass is 246 g/mol. The van der Waals surface area contributed by atoms with Crippen LogP contribution in [0.5, 0.6) is 0 Å². The van der Waals surface area contributed by atoms with Gasteiger partial charge >= 0.3 is 0 Å². The lowest BCUT2D eigenvalue weighted by atomic mass is 10.0. The van der Waals surface area contributed by atoms with Crippen molar-refractivity contribution in [3.63, 3.8) is 0 Å². The van der Waals surface area contributed by atoms with E-state index in [1.165, 1.54) is 0 Å². The number of aliphatic hydroxyl groups is 1. The first kappa shape index (κ1) is 14.8. The molecule has 1 aromatic carbocycles. The molecule has 0 aliphatic heterocycles. The maximum Gasteiger partial charge on any atom is 0.120 e. The van der Waals surface area contributed by atoms with Gasteiger partial charge in [0, 0.05) is 6.42 Å². The molecule has 0 spiro atoms. The molecule has 0 aliphatic carbocycles. The molecule has 2 nitrogen and oxygen atoms in total. The Hall–Kier alpha value is -1.30. The van der Waals surface area contributed by atoms with Crippen molar-refractivity contribution in [2.75, 3.05) is 0 Å². The maximum atomic E-state index is 9.84. The van der Waals surface area contributed by atoms with Crippen LogP contribution in [-0.4, -0.2) is 17.3 Å². The van der Waals surface area contributed by atoms with Crippen LogP contribution in [0.3, 0.4) is 0 Å². The van der Waals surface area contributed by atoms with Gasteiger partial charge in [0.1, 0.15) is 6.10 Å². The van der Waals surface area contributed by atoms with E-state index in [0.29, 0.717) is 18.9 Å². The molecule has 0 fully saturated rings. The quantitative estimate of drug-likeness (QED) is 0.749. The number of ether oxygens (including phenoxy) is 1. The Morgan fingerprint density at radius 1 is 1.22 bits per heavy atom. The Morgan fingerprint density at radius 3 is 2.44 bits per heavy atom. The zero-order valence-corrected chi connectivity index (χ0v) is 11.2. The van der Waals surface area contributed by atoms with Crippen molar-refractivity contribution < 1.29 is 9.84 Å². The van der Waals surface area contributed by atoms with E-state index in [1.807, 2.05) is 30.3 Å². The Morgan fingerprint density at radius 2 is 1.89 bits per heavy atom. The number of hydrogen-bond donors (Lipinski definition) is 1. The van der Waals surface area contributed by atoms with Gasteiger partial charge < -0.3 is 9.84 Å². The van der Waals surface area contributed by atoms with Crippen molar-refractivity contribution in [1.29, 1.82) is 0 Å². The van der Waals surface area contributed by atoms with E-state index in [9.17, 15) is 5.11 Å². The lowest BCUT2D eigenvalue weighted by Crippen LogP contribution is -2.20. The molecule has 1 N–H and O–H groups in total. The molecule has 2 heteroatoms. The molecule has 0 unspecified atom stereocenters. The Kier molecular flexibility index (Phi) is 6.49. The zero-order chi connectivity index (χ0) is 13.4. The summed E-state index contributed by atoms with van der Waals surface area (Å²) < 4.78 is 5.63. The molecule has 1 aromatic rings. The van der Waals surface area contributed by atoms with Gasteiger partial charge in [-0.15, -0.1) is 6.42 Å². The molecule has 0 saturated carbocycles. The van der Waals surface area contributed by atoms with E-state index in [2.05, 4.69) is 19.8 Å². The molecule has 0 radical (unpaired) electrons. The third-order valence-electron chi connectivity index (χ3n) is 2.71. The summed E-state index contributed by atoms with van der Waals surface area (Å²) in [7, 11) is 0. The van der Waals surface area contributed by atoms with Gasteiger partial charge in [-0.3, -0.25) is 0 Å². The summed E-state index contributed by atoms with van der Waals surface area (Å²) in [5.74, 6) is 3.06. The summed E-state index contributed by atoms with van der Waals surface area (Å²) in [5, 5.41) is 9.84. The summed E-state index contributed by atoms with van der Waals surface area (Å²) in [6.45, 7) is 4.65. The van der Waals surface area contributed by atoms with Crippen LogP contribution in [0.15, 0.2) is 30.3 Å². The predicted octanol–water partition coefficient (Wildman–Crippen LogP) is 3.00. The molecule has 1 rings (SSSR count). The predicted molar refractivity (Wildman–Crippen MR) is 73.9 cm³/mol. The first-order chi connectivity index (χ1) is 8.61. The highest BCUT2D eigenvalue weighted by Crippen LogP contribution is 2.13. The lowest BCUT2D eigenvalue weighted by Gasteiger charge is -2.18. The van der Waals surface area contributed by atoms with E-state index < -0.39 is 0 Å². The topological polar surface area (TPSA) is 29.5 Å². The standard InChI is InChI=1S/C16H22O2/c1-4-16(11-15(17)10-13(2)3)18-12-14-8-6-5-7-9-14/h1,5-9,13,15-17H,10-12H2,2-3H3/t15-,16-/m1/s1. The molecule has 0 saturated heterocycles. The molecule has 98 valence electrons. The van der Waals surface area contributed by atoms with Crippen LogP contribution in [0.4, 0.5) is 0 Å². The summed E-state index contributed by atoms with van der Waals surface area (Å²) in [6.07, 6.45) is 5.98. The fourth-order valence-corrected chi connectivity index (χ4v) is 1.84. The van der Waals surface area contributed by atoms with Crippen molar-refractivity contribution in [2.45, 2.75) is 45.5 Å². The SMILES string of the molecule is C#C[C@H](C[C@H](O)CC(C)C)OCc1ccccc1. The van der Waals surface area contributed by atoms with Gasteiger partial charge in [-0.25, -0.2) is 0 Å². The maximum absolute atomic E-state index is 9.84. The van der Waals surface area contributed by atoms with Gasteiger partial charge in [-0.05, 0) is 17.9 Å². The summed E-state index contributed by atoms with van der Waals surface area (Å²) >= 11 is 0. The van der Waals surface area contributed by atoms with Crippen LogP contribution in [0.2, 0.25) is 0 Å². The van der Waals surface area contributed by atoms with Gasteiger partial charge in [0.05, 0.1) is 12.7 Å². The molecule has 0 amide bonds. The third kappa shape index (κ3) is 5.86. The number of aliphatic hydroxyl groups excluding tert-OH is 1. The summed E-state index contributed by atoms with van der Waals surface area (Å²) in [5.41, 5.74) is 1.09. The smallest absolute Gasteiger partial charge is 0.120 e. The molecular weight excluding hydrogens is 224 g/mol. The van der Waals surface area contributed by atoms with Crippen LogP contribution in [0.1, 0.15) is 32.3 Å². The van der Waals surface area contributed by atoms with Gasteiger partial charge in [-0.2, -0.15) is 0 Å². The third-order valence-corrected chi connectivity index (χ3v) is 2.71. The van der Waals surface area contributed by atoms with Crippen LogP contribution < -0.4 is 0 Å². The van der Waals surface area contributed by atoms with Crippen molar-refractivity contribution in [2.24, 2.45) is 5.92 Å². The van der Waals surface area contributed by atoms with E-state index in [-0.39, 0.29) is 12.2 Å². The van der Waals surface area contributed by atoms with Crippen LogP contribution in [-0.2, 0) is 11.3 Å². The van der Waals surface area contributed by atoms with E-state index in [4.69, 9.17) is 11.2 Å². The minimum atomic E-state index is -0.387. The molecular formula is C16H22O2. The minimum Gasteiger partial charge on any atom is -0.393 e. The van der Waals surface area contributed by atoms with Crippen molar-refractivity contribution in [1.82, 2.24) is 0 Å². The van der Waals surface area contributed by atoms with Crippen LogP contribution >= 0.6 is 0 Å². The van der Waals surface area contributed by atoms with E-state index in [1.54, 1.807) is 0 Å². The molecule has 0 aromatic heterocycles. The number of hydrogen-bond acceptors (Lipinski definition) is 2. The van der Waals surface area contributed by atoms with E-state index in [0.717, 1.165) is 12.0 Å². The number of benzene rings is 1. The molecule has 18 heavy (non-hydrogen) atoms. The van der Waals surface area contributed by atoms with Gasteiger partial charge in [0.15, 0.2) is 0 Å². The van der Waals surface area contributed by atoms with E-state index >= 15 is 0 Å². The second kappa shape index (κ2) is 7.92. The van der Waals surface area contributed by atoms with Gasteiger partial charge in [0.25, 0.3) is 0 Å². The number of rotatable bonds is 7. The summed E-state index contributed by atoms with van der Waals surface area (Å²) in [6, 6.07) is 9.90. The van der Waals surface area contributed by atoms with Gasteiger partial charge in [-0.1, -0.05) is 50.1 Å². The van der Waals surface area contributed by atoms with Crippen LogP contribution in [0.25, 0.3) is 0 Å². The molecule has 0 bridgehead atoms. The second-order valence-corrected chi connectivity index (χ2v) is 4.97.